The summed E-state index contributed by atoms with van der Waals surface area (Å²) in [5.41, 5.74) is 23.3. The Morgan fingerprint density at radius 1 is 0.175 bits per heavy atom. The minimum atomic E-state index is 0.497. The van der Waals surface area contributed by atoms with Gasteiger partial charge < -0.3 is 18.0 Å². The molecule has 0 aliphatic rings. The van der Waals surface area contributed by atoms with Gasteiger partial charge in [0, 0.05) is 98.3 Å². The fourth-order valence-corrected chi connectivity index (χ4v) is 17.8. The molecule has 0 N–H and O–H groups in total. The molecule has 530 valence electrons. The Balaban J connectivity index is 0.628. The number of para-hydroxylation sites is 7. The van der Waals surface area contributed by atoms with Crippen molar-refractivity contribution in [3.63, 3.8) is 0 Å². The highest BCUT2D eigenvalue weighted by molar-refractivity contribution is 6.17. The number of nitrogens with zero attached hydrogens (tertiary/aromatic N) is 10. The van der Waals surface area contributed by atoms with Gasteiger partial charge in [-0.05, 0) is 130 Å². The molecule has 0 aliphatic heterocycles. The molecule has 0 amide bonds. The molecule has 24 rings (SSSR count). The minimum absolute atomic E-state index is 0.497. The fraction of sp³-hybridized carbons (Fsp3) is 0. The van der Waals surface area contributed by atoms with Gasteiger partial charge in [-0.25, -0.2) is 9.97 Å². The van der Waals surface area contributed by atoms with Gasteiger partial charge in [-0.3, -0.25) is 9.13 Å². The summed E-state index contributed by atoms with van der Waals surface area (Å²) in [6.07, 6.45) is 0. The second-order valence-corrected chi connectivity index (χ2v) is 29.3. The Morgan fingerprint density at radius 2 is 0.482 bits per heavy atom. The zero-order valence-electron chi connectivity index (χ0n) is 60.9. The van der Waals surface area contributed by atoms with Gasteiger partial charge in [-0.15, -0.1) is 0 Å². The van der Waals surface area contributed by atoms with Gasteiger partial charge in [0.2, 0.25) is 11.9 Å². The minimum Gasteiger partial charge on any atom is -0.456 e. The van der Waals surface area contributed by atoms with Crippen molar-refractivity contribution in [3.05, 3.63) is 364 Å². The molecular formula is C102H60N10O2. The molecule has 0 saturated heterocycles. The topological polar surface area (TPSA) is 123 Å². The molecule has 0 saturated carbocycles. The summed E-state index contributed by atoms with van der Waals surface area (Å²) in [6, 6.07) is 129. The first-order chi connectivity index (χ1) is 56.5. The second-order valence-electron chi connectivity index (χ2n) is 29.3. The Labute approximate surface area is 650 Å². The quantitative estimate of drug-likeness (QED) is 0.125. The fourth-order valence-electron chi connectivity index (χ4n) is 17.8. The average molecular weight is 1460 g/mol. The van der Waals surface area contributed by atoms with Crippen molar-refractivity contribution in [1.29, 1.82) is 0 Å². The van der Waals surface area contributed by atoms with E-state index in [4.69, 9.17) is 38.7 Å². The van der Waals surface area contributed by atoms with E-state index in [2.05, 4.69) is 316 Å². The predicted octanol–water partition coefficient (Wildman–Crippen LogP) is 25.9. The van der Waals surface area contributed by atoms with Crippen LogP contribution in [0.1, 0.15) is 0 Å². The first kappa shape index (κ1) is 63.3. The number of furan rings is 2. The van der Waals surface area contributed by atoms with Crippen molar-refractivity contribution >= 4 is 131 Å². The van der Waals surface area contributed by atoms with Crippen molar-refractivity contribution < 1.29 is 8.83 Å². The van der Waals surface area contributed by atoms with Crippen LogP contribution in [0.25, 0.3) is 233 Å². The normalized spacial score (nSPS) is 12.0. The molecule has 24 aromatic rings. The van der Waals surface area contributed by atoms with Gasteiger partial charge in [0.15, 0.2) is 23.3 Å². The highest BCUT2D eigenvalue weighted by atomic mass is 16.3. The van der Waals surface area contributed by atoms with Gasteiger partial charge in [-0.2, -0.15) is 19.9 Å². The third-order valence-corrected chi connectivity index (χ3v) is 22.9. The van der Waals surface area contributed by atoms with Crippen molar-refractivity contribution in [2.24, 2.45) is 0 Å². The first-order valence-electron chi connectivity index (χ1n) is 38.3. The van der Waals surface area contributed by atoms with E-state index in [1.807, 2.05) is 66.7 Å². The van der Waals surface area contributed by atoms with Gasteiger partial charge in [0.1, 0.15) is 22.3 Å². The molecule has 0 fully saturated rings. The maximum absolute atomic E-state index is 6.50. The SMILES string of the molecule is c1ccc(-c2cccc(-c3nc(-c4cccc5oc6ccccc6c45)nc(-n4c5ccccc5c5ccc(-n6c7ccccc7c7ccc(-c8cccc(-c9ccc(-c%10nc(-c%11cccc%12oc%13ccccc%13c%11%12)nc(-n%11c%12ccccc%12c%12ccc(-n%13c%14ccccc%14c%14ccccc%14%13)cc%12%11)n%10)cc9)c8)cc76)cc54)n3)c2)cc1. The van der Waals surface area contributed by atoms with Crippen LogP contribution in [0.5, 0.6) is 0 Å². The third kappa shape index (κ3) is 9.84. The van der Waals surface area contributed by atoms with E-state index in [1.165, 1.54) is 10.8 Å². The zero-order chi connectivity index (χ0) is 74.6. The van der Waals surface area contributed by atoms with E-state index in [0.717, 1.165) is 187 Å². The molecular weight excluding hydrogens is 1400 g/mol. The molecule has 8 heterocycles. The highest BCUT2D eigenvalue weighted by Crippen LogP contribution is 2.44. The van der Waals surface area contributed by atoms with E-state index in [-0.39, 0.29) is 0 Å². The van der Waals surface area contributed by atoms with Crippen molar-refractivity contribution in [2.45, 2.75) is 0 Å². The summed E-state index contributed by atoms with van der Waals surface area (Å²) >= 11 is 0. The van der Waals surface area contributed by atoms with Crippen LogP contribution in [0.4, 0.5) is 0 Å². The highest BCUT2D eigenvalue weighted by Gasteiger charge is 2.26. The zero-order valence-corrected chi connectivity index (χ0v) is 60.9. The van der Waals surface area contributed by atoms with Crippen molar-refractivity contribution in [3.8, 4) is 102 Å². The summed E-state index contributed by atoms with van der Waals surface area (Å²) < 4.78 is 22.2. The summed E-state index contributed by atoms with van der Waals surface area (Å²) in [5, 5.41) is 12.9. The smallest absolute Gasteiger partial charge is 0.238 e. The molecule has 114 heavy (non-hydrogen) atoms. The first-order valence-corrected chi connectivity index (χ1v) is 38.3. The number of aromatic nitrogens is 10. The number of hydrogen-bond acceptors (Lipinski definition) is 8. The van der Waals surface area contributed by atoms with E-state index < -0.39 is 0 Å². The molecule has 12 nitrogen and oxygen atoms in total. The Bertz CT molecular complexity index is 8080. The molecule has 0 radical (unpaired) electrons. The lowest BCUT2D eigenvalue weighted by Gasteiger charge is -2.13. The number of fused-ring (bicyclic) bond motifs is 18. The number of rotatable bonds is 11. The van der Waals surface area contributed by atoms with Gasteiger partial charge >= 0.3 is 0 Å². The van der Waals surface area contributed by atoms with Crippen molar-refractivity contribution in [1.82, 2.24) is 48.2 Å². The molecule has 12 heteroatoms. The number of hydrogen-bond donors (Lipinski definition) is 0. The Hall–Kier alpha value is -15.7. The van der Waals surface area contributed by atoms with Gasteiger partial charge in [0.25, 0.3) is 0 Å². The Morgan fingerprint density at radius 3 is 0.974 bits per heavy atom. The predicted molar refractivity (Wildman–Crippen MR) is 463 cm³/mol. The third-order valence-electron chi connectivity index (χ3n) is 22.9. The van der Waals surface area contributed by atoms with Crippen LogP contribution in [0.15, 0.2) is 373 Å². The van der Waals surface area contributed by atoms with E-state index in [0.29, 0.717) is 35.2 Å². The van der Waals surface area contributed by atoms with Crippen LogP contribution in [0.3, 0.4) is 0 Å². The molecule has 0 spiro atoms. The molecule has 0 unspecified atom stereocenters. The summed E-state index contributed by atoms with van der Waals surface area (Å²) in [4.78, 5) is 32.9. The van der Waals surface area contributed by atoms with Crippen LogP contribution < -0.4 is 0 Å². The summed E-state index contributed by atoms with van der Waals surface area (Å²) in [7, 11) is 0. The van der Waals surface area contributed by atoms with Crippen LogP contribution in [-0.4, -0.2) is 48.2 Å². The lowest BCUT2D eigenvalue weighted by molar-refractivity contribution is 0.668. The lowest BCUT2D eigenvalue weighted by atomic mass is 9.97. The van der Waals surface area contributed by atoms with Crippen LogP contribution >= 0.6 is 0 Å². The Kier molecular flexibility index (Phi) is 13.8. The van der Waals surface area contributed by atoms with Gasteiger partial charge in [-0.1, -0.05) is 267 Å². The molecule has 0 bridgehead atoms. The largest absolute Gasteiger partial charge is 0.456 e. The monoisotopic (exact) mass is 1460 g/mol. The average Bonchev–Trinajstić information content (AvgIpc) is 1.57. The van der Waals surface area contributed by atoms with Crippen molar-refractivity contribution in [2.75, 3.05) is 0 Å². The van der Waals surface area contributed by atoms with Gasteiger partial charge in [0.05, 0.1) is 44.1 Å². The molecule has 0 atom stereocenters. The summed E-state index contributed by atoms with van der Waals surface area (Å²) in [5.74, 6) is 3.16. The van der Waals surface area contributed by atoms with E-state index >= 15 is 0 Å². The van der Waals surface area contributed by atoms with E-state index in [9.17, 15) is 0 Å². The molecule has 8 aromatic heterocycles. The summed E-state index contributed by atoms with van der Waals surface area (Å²) in [6.45, 7) is 0. The molecule has 0 aliphatic carbocycles. The van der Waals surface area contributed by atoms with Crippen LogP contribution in [0.2, 0.25) is 0 Å². The number of benzene rings is 16. The van der Waals surface area contributed by atoms with Crippen LogP contribution in [-0.2, 0) is 0 Å². The van der Waals surface area contributed by atoms with E-state index in [1.54, 1.807) is 0 Å². The maximum atomic E-state index is 6.50. The van der Waals surface area contributed by atoms with Crippen LogP contribution in [0, 0.1) is 0 Å². The lowest BCUT2D eigenvalue weighted by Crippen LogP contribution is -2.07. The maximum Gasteiger partial charge on any atom is 0.238 e. The second kappa shape index (κ2) is 24.9. The standard InChI is InChI=1S/C102H60N10O2/c1-2-22-61(23-3-1)65-25-19-27-68(57-65)98-104-100(82-36-21-45-94-96(82)80-34-10-17-43-92(80)114-94)108-102(106-98)112-87-41-15-8-32-75(87)78-55-52-70(60-90(78)112)110-85-39-13-6-30-73(85)76-53-50-67(58-88(76)110)66-26-18-24-64(56-66)62-46-48-63(49-47-62)97-103-99(81-35-20-44-93-95(81)79-33-9-16-42-91(79)113-93)107-101(105-97)111-86-40-14-7-31-74(86)77-54-51-69(59-89(77)111)109-83-37-11-4-28-71(83)72-29-5-12-38-84(72)109/h1-60H. The molecule has 16 aromatic carbocycles.